The maximum Gasteiger partial charge on any atom is 0.264 e. The Morgan fingerprint density at radius 2 is 2.12 bits per heavy atom. The molecule has 7 nitrogen and oxygen atoms in total. The van der Waals surface area contributed by atoms with Crippen LogP contribution in [-0.2, 0) is 4.79 Å². The molecule has 3 heterocycles. The van der Waals surface area contributed by atoms with E-state index < -0.39 is 6.10 Å². The van der Waals surface area contributed by atoms with E-state index in [9.17, 15) is 4.79 Å². The summed E-state index contributed by atoms with van der Waals surface area (Å²) < 4.78 is 18.5. The van der Waals surface area contributed by atoms with Gasteiger partial charge in [0.05, 0.1) is 6.26 Å². The summed E-state index contributed by atoms with van der Waals surface area (Å²) in [6, 6.07) is 12.6. The van der Waals surface area contributed by atoms with Gasteiger partial charge in [-0.05, 0) is 30.3 Å². The van der Waals surface area contributed by atoms with Crippen molar-refractivity contribution in [3.8, 4) is 11.5 Å². The molecule has 2 aromatic heterocycles. The SMILES string of the molecule is O=C(NC[C@H](c1ccco1)n1cccn1)[C@@H]1COc2ccccc2O1. The smallest absolute Gasteiger partial charge is 0.264 e. The Bertz CT molecular complexity index is 796. The second kappa shape index (κ2) is 6.72. The highest BCUT2D eigenvalue weighted by molar-refractivity contribution is 5.81. The van der Waals surface area contributed by atoms with Crippen molar-refractivity contribution < 1.29 is 18.7 Å². The van der Waals surface area contributed by atoms with Crippen LogP contribution in [0.25, 0.3) is 0 Å². The van der Waals surface area contributed by atoms with Gasteiger partial charge in [0.2, 0.25) is 6.10 Å². The monoisotopic (exact) mass is 339 g/mol. The maximum atomic E-state index is 12.5. The highest BCUT2D eigenvalue weighted by Crippen LogP contribution is 2.30. The molecule has 4 rings (SSSR count). The second-order valence-electron chi connectivity index (χ2n) is 5.63. The molecular weight excluding hydrogens is 322 g/mol. The van der Waals surface area contributed by atoms with Gasteiger partial charge in [-0.25, -0.2) is 0 Å². The average molecular weight is 339 g/mol. The van der Waals surface area contributed by atoms with Crippen molar-refractivity contribution in [1.29, 1.82) is 0 Å². The molecule has 0 radical (unpaired) electrons. The zero-order valence-corrected chi connectivity index (χ0v) is 13.4. The fraction of sp³-hybridized carbons (Fsp3) is 0.222. The second-order valence-corrected chi connectivity index (χ2v) is 5.63. The average Bonchev–Trinajstić information content (AvgIpc) is 3.36. The number of hydrogen-bond donors (Lipinski definition) is 1. The first kappa shape index (κ1) is 15.3. The van der Waals surface area contributed by atoms with Crippen LogP contribution in [0.3, 0.4) is 0 Å². The number of rotatable bonds is 5. The number of carbonyl (C=O) groups excluding carboxylic acids is 1. The number of para-hydroxylation sites is 2. The molecule has 0 saturated carbocycles. The number of amides is 1. The Kier molecular flexibility index (Phi) is 4.12. The predicted molar refractivity (Wildman–Crippen MR) is 88.4 cm³/mol. The standard InChI is InChI=1S/C18H17N3O4/c22-18(17-12-24-15-5-1-2-6-16(15)25-17)19-11-13(14-7-3-10-23-14)21-9-4-8-20-21/h1-10,13,17H,11-12H2,(H,19,22)/t13-,17+/m1/s1. The Morgan fingerprint density at radius 3 is 2.88 bits per heavy atom. The van der Waals surface area contributed by atoms with E-state index in [4.69, 9.17) is 13.9 Å². The number of fused-ring (bicyclic) bond motifs is 1. The lowest BCUT2D eigenvalue weighted by molar-refractivity contribution is -0.130. The van der Waals surface area contributed by atoms with E-state index in [0.717, 1.165) is 5.76 Å². The van der Waals surface area contributed by atoms with Crippen LogP contribution in [0.4, 0.5) is 0 Å². The molecule has 1 aliphatic rings. The minimum atomic E-state index is -0.690. The molecule has 128 valence electrons. The molecule has 0 bridgehead atoms. The molecular formula is C18H17N3O4. The van der Waals surface area contributed by atoms with Crippen LogP contribution >= 0.6 is 0 Å². The normalized spacial score (nSPS) is 17.0. The van der Waals surface area contributed by atoms with E-state index in [1.54, 1.807) is 23.2 Å². The summed E-state index contributed by atoms with van der Waals surface area (Å²) >= 11 is 0. The third-order valence-corrected chi connectivity index (χ3v) is 3.99. The zero-order valence-electron chi connectivity index (χ0n) is 13.4. The van der Waals surface area contributed by atoms with Crippen LogP contribution in [0.2, 0.25) is 0 Å². The van der Waals surface area contributed by atoms with Crippen LogP contribution in [-0.4, -0.2) is 34.9 Å². The van der Waals surface area contributed by atoms with Gasteiger partial charge in [-0.15, -0.1) is 0 Å². The van der Waals surface area contributed by atoms with Gasteiger partial charge in [0.15, 0.2) is 11.5 Å². The minimum absolute atomic E-state index is 0.177. The summed E-state index contributed by atoms with van der Waals surface area (Å²) in [4.78, 5) is 12.5. The molecule has 0 spiro atoms. The molecule has 3 aromatic rings. The number of aromatic nitrogens is 2. The van der Waals surface area contributed by atoms with Crippen molar-refractivity contribution in [3.05, 3.63) is 66.9 Å². The molecule has 25 heavy (non-hydrogen) atoms. The third-order valence-electron chi connectivity index (χ3n) is 3.99. The van der Waals surface area contributed by atoms with Gasteiger partial charge in [-0.1, -0.05) is 12.1 Å². The number of benzene rings is 1. The summed E-state index contributed by atoms with van der Waals surface area (Å²) in [7, 11) is 0. The molecule has 1 aromatic carbocycles. The predicted octanol–water partition coefficient (Wildman–Crippen LogP) is 2.02. The van der Waals surface area contributed by atoms with Crippen molar-refractivity contribution in [2.75, 3.05) is 13.2 Å². The van der Waals surface area contributed by atoms with Gasteiger partial charge in [0.25, 0.3) is 5.91 Å². The lowest BCUT2D eigenvalue weighted by Gasteiger charge is -2.26. The molecule has 7 heteroatoms. The first-order valence-electron chi connectivity index (χ1n) is 8.00. The van der Waals surface area contributed by atoms with Gasteiger partial charge in [-0.2, -0.15) is 5.10 Å². The van der Waals surface area contributed by atoms with Gasteiger partial charge in [0, 0.05) is 18.9 Å². The molecule has 0 unspecified atom stereocenters. The summed E-state index contributed by atoms with van der Waals surface area (Å²) in [6.45, 7) is 0.506. The molecule has 2 atom stereocenters. The lowest BCUT2D eigenvalue weighted by atomic mass is 10.2. The number of nitrogens with one attached hydrogen (secondary N) is 1. The Morgan fingerprint density at radius 1 is 1.24 bits per heavy atom. The van der Waals surface area contributed by atoms with Crippen molar-refractivity contribution in [1.82, 2.24) is 15.1 Å². The Labute approximate surface area is 144 Å². The number of hydrogen-bond acceptors (Lipinski definition) is 5. The summed E-state index contributed by atoms with van der Waals surface area (Å²) in [5.41, 5.74) is 0. The maximum absolute atomic E-state index is 12.5. The summed E-state index contributed by atoms with van der Waals surface area (Å²) in [5, 5.41) is 7.14. The number of ether oxygens (including phenoxy) is 2. The van der Waals surface area contributed by atoms with E-state index >= 15 is 0 Å². The number of furan rings is 1. The molecule has 0 saturated heterocycles. The quantitative estimate of drug-likeness (QED) is 0.769. The summed E-state index contributed by atoms with van der Waals surface area (Å²) in [6.07, 6.45) is 4.43. The molecule has 1 N–H and O–H groups in total. The first-order valence-corrected chi connectivity index (χ1v) is 8.00. The van der Waals surface area contributed by atoms with Crippen molar-refractivity contribution in [2.24, 2.45) is 0 Å². The van der Waals surface area contributed by atoms with Crippen LogP contribution in [0, 0.1) is 0 Å². The molecule has 0 fully saturated rings. The van der Waals surface area contributed by atoms with Gasteiger partial charge >= 0.3 is 0 Å². The van der Waals surface area contributed by atoms with E-state index in [1.165, 1.54) is 0 Å². The highest BCUT2D eigenvalue weighted by atomic mass is 16.6. The van der Waals surface area contributed by atoms with Gasteiger partial charge in [-0.3, -0.25) is 9.48 Å². The van der Waals surface area contributed by atoms with Crippen LogP contribution in [0.1, 0.15) is 11.8 Å². The van der Waals surface area contributed by atoms with E-state index in [-0.39, 0.29) is 18.6 Å². The van der Waals surface area contributed by atoms with Crippen LogP contribution in [0.15, 0.2) is 65.5 Å². The van der Waals surface area contributed by atoms with Crippen LogP contribution < -0.4 is 14.8 Å². The highest BCUT2D eigenvalue weighted by Gasteiger charge is 2.28. The molecule has 1 amide bonds. The minimum Gasteiger partial charge on any atom is -0.485 e. The number of carbonyl (C=O) groups is 1. The van der Waals surface area contributed by atoms with Crippen molar-refractivity contribution in [2.45, 2.75) is 12.1 Å². The molecule has 0 aliphatic carbocycles. The largest absolute Gasteiger partial charge is 0.485 e. The van der Waals surface area contributed by atoms with E-state index in [2.05, 4.69) is 10.4 Å². The fourth-order valence-electron chi connectivity index (χ4n) is 2.73. The first-order chi connectivity index (χ1) is 12.3. The fourth-order valence-corrected chi connectivity index (χ4v) is 2.73. The third kappa shape index (κ3) is 3.21. The van der Waals surface area contributed by atoms with E-state index in [0.29, 0.717) is 18.0 Å². The molecule has 1 aliphatic heterocycles. The van der Waals surface area contributed by atoms with Crippen molar-refractivity contribution >= 4 is 5.91 Å². The Hall–Kier alpha value is -3.22. The van der Waals surface area contributed by atoms with Gasteiger partial charge < -0.3 is 19.2 Å². The van der Waals surface area contributed by atoms with Crippen molar-refractivity contribution in [3.63, 3.8) is 0 Å². The Balaban J connectivity index is 1.42. The van der Waals surface area contributed by atoms with Crippen LogP contribution in [0.5, 0.6) is 11.5 Å². The number of nitrogens with zero attached hydrogens (tertiary/aromatic N) is 2. The zero-order chi connectivity index (χ0) is 17.1. The topological polar surface area (TPSA) is 78.5 Å². The summed E-state index contributed by atoms with van der Waals surface area (Å²) in [5.74, 6) is 1.70. The van der Waals surface area contributed by atoms with Gasteiger partial charge in [0.1, 0.15) is 18.4 Å². The lowest BCUT2D eigenvalue weighted by Crippen LogP contribution is -2.45. The van der Waals surface area contributed by atoms with E-state index in [1.807, 2.05) is 42.6 Å².